The first-order valence-corrected chi connectivity index (χ1v) is 7.96. The Kier molecular flexibility index (Phi) is 5.44. The summed E-state index contributed by atoms with van der Waals surface area (Å²) in [5, 5.41) is 3.72. The third-order valence-corrected chi connectivity index (χ3v) is 4.67. The smallest absolute Gasteiger partial charge is 0.0931 e. The van der Waals surface area contributed by atoms with Gasteiger partial charge in [0, 0.05) is 17.0 Å². The molecule has 102 valence electrons. The van der Waals surface area contributed by atoms with Gasteiger partial charge in [0.05, 0.1) is 4.34 Å². The first-order chi connectivity index (χ1) is 9.20. The Balaban J connectivity index is 2.08. The highest BCUT2D eigenvalue weighted by atomic mass is 35.5. The fraction of sp³-hybridized carbons (Fsp3) is 0.375. The maximum Gasteiger partial charge on any atom is 0.0931 e. The highest BCUT2D eigenvalue weighted by Gasteiger charge is 2.15. The molecular formula is C16H20ClNS. The van der Waals surface area contributed by atoms with Gasteiger partial charge in [0.2, 0.25) is 0 Å². The Morgan fingerprint density at radius 2 is 1.89 bits per heavy atom. The molecule has 0 radical (unpaired) electrons. The summed E-state index contributed by atoms with van der Waals surface area (Å²) >= 11 is 7.66. The number of nitrogens with one attached hydrogen (secondary N) is 1. The molecule has 1 aromatic heterocycles. The van der Waals surface area contributed by atoms with Crippen molar-refractivity contribution in [2.24, 2.45) is 0 Å². The van der Waals surface area contributed by atoms with Crippen molar-refractivity contribution >= 4 is 22.9 Å². The van der Waals surface area contributed by atoms with Crippen LogP contribution in [0.2, 0.25) is 4.34 Å². The molecule has 0 bridgehead atoms. The minimum absolute atomic E-state index is 0.328. The van der Waals surface area contributed by atoms with Crippen LogP contribution < -0.4 is 5.32 Å². The van der Waals surface area contributed by atoms with E-state index in [-0.39, 0.29) is 0 Å². The van der Waals surface area contributed by atoms with E-state index >= 15 is 0 Å². The average Bonchev–Trinajstić information content (AvgIpc) is 2.86. The van der Waals surface area contributed by atoms with E-state index in [0.717, 1.165) is 10.8 Å². The second-order valence-corrected chi connectivity index (χ2v) is 6.53. The van der Waals surface area contributed by atoms with Gasteiger partial charge >= 0.3 is 0 Å². The normalized spacial score (nSPS) is 14.3. The fourth-order valence-corrected chi connectivity index (χ4v) is 3.34. The molecule has 1 N–H and O–H groups in total. The van der Waals surface area contributed by atoms with Crippen molar-refractivity contribution in [3.05, 3.63) is 57.2 Å². The molecule has 2 unspecified atom stereocenters. The van der Waals surface area contributed by atoms with Gasteiger partial charge in [-0.2, -0.15) is 0 Å². The molecule has 0 saturated heterocycles. The number of thiophene rings is 1. The van der Waals surface area contributed by atoms with Crippen LogP contribution in [-0.2, 0) is 0 Å². The molecule has 19 heavy (non-hydrogen) atoms. The summed E-state index contributed by atoms with van der Waals surface area (Å²) in [5.41, 5.74) is 1.36. The molecule has 0 aliphatic carbocycles. The van der Waals surface area contributed by atoms with Gasteiger partial charge in [0.1, 0.15) is 0 Å². The van der Waals surface area contributed by atoms with Crippen molar-refractivity contribution in [1.82, 2.24) is 5.32 Å². The van der Waals surface area contributed by atoms with Gasteiger partial charge in [-0.05, 0) is 31.0 Å². The lowest BCUT2D eigenvalue weighted by molar-refractivity contribution is 0.443. The predicted molar refractivity (Wildman–Crippen MR) is 85.0 cm³/mol. The largest absolute Gasteiger partial charge is 0.303 e. The lowest BCUT2D eigenvalue weighted by Gasteiger charge is -2.23. The van der Waals surface area contributed by atoms with Crippen LogP contribution in [0, 0.1) is 0 Å². The maximum atomic E-state index is 6.01. The molecule has 1 nitrogen and oxygen atoms in total. The molecule has 0 aliphatic rings. The quantitative estimate of drug-likeness (QED) is 0.731. The molecule has 1 aromatic carbocycles. The van der Waals surface area contributed by atoms with E-state index in [4.69, 9.17) is 11.6 Å². The molecule has 0 saturated carbocycles. The Morgan fingerprint density at radius 3 is 2.47 bits per heavy atom. The molecule has 0 aliphatic heterocycles. The second-order valence-electron chi connectivity index (χ2n) is 4.78. The first kappa shape index (κ1) is 14.6. The van der Waals surface area contributed by atoms with Gasteiger partial charge in [0.15, 0.2) is 0 Å². The number of hydrogen-bond acceptors (Lipinski definition) is 2. The van der Waals surface area contributed by atoms with Crippen LogP contribution in [-0.4, -0.2) is 0 Å². The van der Waals surface area contributed by atoms with Gasteiger partial charge in [0.25, 0.3) is 0 Å². The molecule has 3 heteroatoms. The van der Waals surface area contributed by atoms with E-state index in [2.05, 4.69) is 55.6 Å². The van der Waals surface area contributed by atoms with Crippen molar-refractivity contribution in [3.63, 3.8) is 0 Å². The zero-order valence-electron chi connectivity index (χ0n) is 11.4. The first-order valence-electron chi connectivity index (χ1n) is 6.77. The van der Waals surface area contributed by atoms with Crippen LogP contribution in [0.4, 0.5) is 0 Å². The Morgan fingerprint density at radius 1 is 1.16 bits per heavy atom. The van der Waals surface area contributed by atoms with E-state index in [0.29, 0.717) is 12.1 Å². The number of halogens is 1. The summed E-state index contributed by atoms with van der Waals surface area (Å²) in [6.07, 6.45) is 2.32. The van der Waals surface area contributed by atoms with Crippen LogP contribution in [0.3, 0.4) is 0 Å². The predicted octanol–water partition coefficient (Wildman–Crippen LogP) is 5.59. The highest BCUT2D eigenvalue weighted by Crippen LogP contribution is 2.29. The van der Waals surface area contributed by atoms with Crippen molar-refractivity contribution in [2.75, 3.05) is 0 Å². The number of rotatable bonds is 6. The number of benzene rings is 1. The molecular weight excluding hydrogens is 274 g/mol. The Hall–Kier alpha value is -0.830. The fourth-order valence-electron chi connectivity index (χ4n) is 2.27. The van der Waals surface area contributed by atoms with E-state index in [9.17, 15) is 0 Å². The van der Waals surface area contributed by atoms with Crippen molar-refractivity contribution in [3.8, 4) is 0 Å². The van der Waals surface area contributed by atoms with E-state index < -0.39 is 0 Å². The molecule has 0 spiro atoms. The van der Waals surface area contributed by atoms with E-state index in [1.54, 1.807) is 11.3 Å². The summed E-state index contributed by atoms with van der Waals surface area (Å²) in [5.74, 6) is 0. The zero-order valence-corrected chi connectivity index (χ0v) is 13.0. The van der Waals surface area contributed by atoms with Crippen molar-refractivity contribution in [2.45, 2.75) is 38.8 Å². The van der Waals surface area contributed by atoms with Crippen LogP contribution in [0.5, 0.6) is 0 Å². The topological polar surface area (TPSA) is 12.0 Å². The summed E-state index contributed by atoms with van der Waals surface area (Å²) in [6, 6.07) is 15.5. The summed E-state index contributed by atoms with van der Waals surface area (Å²) in [6.45, 7) is 4.43. The average molecular weight is 294 g/mol. The van der Waals surface area contributed by atoms with Gasteiger partial charge in [-0.3, -0.25) is 0 Å². The minimum Gasteiger partial charge on any atom is -0.303 e. The molecule has 0 fully saturated rings. The molecule has 2 atom stereocenters. The standard InChI is InChI=1S/C16H20ClNS/c1-3-7-14(13-8-5-4-6-9-13)18-12(2)15-10-11-16(17)19-15/h4-6,8-12,14,18H,3,7H2,1-2H3. The van der Waals surface area contributed by atoms with Gasteiger partial charge in [-0.15, -0.1) is 11.3 Å². The molecule has 2 aromatic rings. The Labute approximate surface area is 124 Å². The summed E-state index contributed by atoms with van der Waals surface area (Å²) < 4.78 is 0.857. The highest BCUT2D eigenvalue weighted by molar-refractivity contribution is 7.16. The summed E-state index contributed by atoms with van der Waals surface area (Å²) in [4.78, 5) is 1.29. The van der Waals surface area contributed by atoms with E-state index in [1.165, 1.54) is 16.9 Å². The third-order valence-electron chi connectivity index (χ3n) is 3.25. The van der Waals surface area contributed by atoms with Crippen LogP contribution in [0.25, 0.3) is 0 Å². The lowest BCUT2D eigenvalue weighted by Crippen LogP contribution is -2.24. The summed E-state index contributed by atoms with van der Waals surface area (Å²) in [7, 11) is 0. The van der Waals surface area contributed by atoms with E-state index in [1.807, 2.05) is 6.07 Å². The Bertz CT molecular complexity index is 494. The van der Waals surface area contributed by atoms with Crippen molar-refractivity contribution in [1.29, 1.82) is 0 Å². The lowest BCUT2D eigenvalue weighted by atomic mass is 10.0. The maximum absolute atomic E-state index is 6.01. The number of hydrogen-bond donors (Lipinski definition) is 1. The van der Waals surface area contributed by atoms with Crippen LogP contribution in [0.15, 0.2) is 42.5 Å². The zero-order chi connectivity index (χ0) is 13.7. The molecule has 0 amide bonds. The van der Waals surface area contributed by atoms with Gasteiger partial charge in [-0.25, -0.2) is 0 Å². The van der Waals surface area contributed by atoms with Crippen LogP contribution in [0.1, 0.15) is 49.2 Å². The van der Waals surface area contributed by atoms with Crippen LogP contribution >= 0.6 is 22.9 Å². The third kappa shape index (κ3) is 4.07. The molecule has 1 heterocycles. The molecule has 2 rings (SSSR count). The SMILES string of the molecule is CCCC(NC(C)c1ccc(Cl)s1)c1ccccc1. The van der Waals surface area contributed by atoms with Gasteiger partial charge < -0.3 is 5.32 Å². The van der Waals surface area contributed by atoms with Crippen molar-refractivity contribution < 1.29 is 0 Å². The second kappa shape index (κ2) is 7.09. The van der Waals surface area contributed by atoms with Gasteiger partial charge in [-0.1, -0.05) is 55.3 Å². The monoisotopic (exact) mass is 293 g/mol. The minimum atomic E-state index is 0.328.